The first-order valence-corrected chi connectivity index (χ1v) is 12.5. The molecule has 0 N–H and O–H groups in total. The fourth-order valence-corrected chi connectivity index (χ4v) is 5.96. The lowest BCUT2D eigenvalue weighted by atomic mass is 9.58. The summed E-state index contributed by atoms with van der Waals surface area (Å²) in [6, 6.07) is 3.74. The highest BCUT2D eigenvalue weighted by atomic mass is 19.1. The van der Waals surface area contributed by atoms with Crippen molar-refractivity contribution >= 4 is 0 Å². The van der Waals surface area contributed by atoms with E-state index in [4.69, 9.17) is 4.74 Å². The quantitative estimate of drug-likeness (QED) is 0.263. The molecule has 3 heteroatoms. The standard InChI is InChI=1S/C28H48F2O/c1-10-11-12-13-14-15-16-26(28(20(2)3,21(4)5)22(6)7)31-27(8,9)23-17-24(29)19-25(30)18-23/h17-22,26H,10-16H2,1-9H3. The Kier molecular flexibility index (Phi) is 11.2. The first kappa shape index (κ1) is 28.1. The van der Waals surface area contributed by atoms with E-state index in [0.717, 1.165) is 18.9 Å². The van der Waals surface area contributed by atoms with Gasteiger partial charge in [-0.25, -0.2) is 8.78 Å². The summed E-state index contributed by atoms with van der Waals surface area (Å²) in [5.41, 5.74) is -0.241. The highest BCUT2D eigenvalue weighted by Gasteiger charge is 2.48. The van der Waals surface area contributed by atoms with Gasteiger partial charge in [-0.05, 0) is 55.7 Å². The molecule has 1 atom stereocenters. The van der Waals surface area contributed by atoms with Crippen LogP contribution >= 0.6 is 0 Å². The predicted molar refractivity (Wildman–Crippen MR) is 129 cm³/mol. The number of halogens is 2. The summed E-state index contributed by atoms with van der Waals surface area (Å²) in [7, 11) is 0. The number of benzene rings is 1. The molecule has 0 aromatic heterocycles. The Morgan fingerprint density at radius 2 is 1.19 bits per heavy atom. The van der Waals surface area contributed by atoms with Crippen LogP contribution in [-0.4, -0.2) is 6.10 Å². The molecule has 1 aromatic carbocycles. The van der Waals surface area contributed by atoms with Gasteiger partial charge in [-0.1, -0.05) is 87.0 Å². The third kappa shape index (κ3) is 7.27. The topological polar surface area (TPSA) is 9.23 Å². The molecule has 0 spiro atoms. The van der Waals surface area contributed by atoms with Gasteiger partial charge >= 0.3 is 0 Å². The zero-order valence-electron chi connectivity index (χ0n) is 21.7. The van der Waals surface area contributed by atoms with Crippen LogP contribution in [0.2, 0.25) is 0 Å². The van der Waals surface area contributed by atoms with Gasteiger partial charge in [0.2, 0.25) is 0 Å². The van der Waals surface area contributed by atoms with Crippen molar-refractivity contribution in [1.29, 1.82) is 0 Å². The lowest BCUT2D eigenvalue weighted by molar-refractivity contribution is -0.179. The van der Waals surface area contributed by atoms with E-state index in [0.29, 0.717) is 23.3 Å². The minimum absolute atomic E-state index is 0.0139. The normalized spacial score (nSPS) is 14.1. The molecule has 31 heavy (non-hydrogen) atoms. The highest BCUT2D eigenvalue weighted by molar-refractivity contribution is 5.23. The molecule has 0 bridgehead atoms. The molecule has 1 unspecified atom stereocenters. The largest absolute Gasteiger partial charge is 0.367 e. The van der Waals surface area contributed by atoms with Gasteiger partial charge in [0.25, 0.3) is 0 Å². The van der Waals surface area contributed by atoms with Crippen LogP contribution < -0.4 is 0 Å². The monoisotopic (exact) mass is 438 g/mol. The molecular weight excluding hydrogens is 390 g/mol. The van der Waals surface area contributed by atoms with E-state index in [1.54, 1.807) is 0 Å². The maximum Gasteiger partial charge on any atom is 0.126 e. The molecule has 1 aromatic rings. The summed E-state index contributed by atoms with van der Waals surface area (Å²) in [5.74, 6) is 0.178. The molecule has 0 aliphatic heterocycles. The molecule has 0 saturated carbocycles. The zero-order chi connectivity index (χ0) is 23.8. The van der Waals surface area contributed by atoms with E-state index < -0.39 is 17.2 Å². The fourth-order valence-electron chi connectivity index (χ4n) is 5.96. The van der Waals surface area contributed by atoms with E-state index in [2.05, 4.69) is 48.5 Å². The molecule has 1 nitrogen and oxygen atoms in total. The molecule has 0 radical (unpaired) electrons. The zero-order valence-corrected chi connectivity index (χ0v) is 21.7. The summed E-state index contributed by atoms with van der Waals surface area (Å²) in [4.78, 5) is 0. The lowest BCUT2D eigenvalue weighted by Crippen LogP contribution is -2.51. The van der Waals surface area contributed by atoms with E-state index >= 15 is 0 Å². The summed E-state index contributed by atoms with van der Waals surface area (Å²) in [5, 5.41) is 0. The second kappa shape index (κ2) is 12.3. The van der Waals surface area contributed by atoms with Gasteiger partial charge < -0.3 is 4.74 Å². The highest BCUT2D eigenvalue weighted by Crippen LogP contribution is 2.50. The number of ether oxygens (including phenoxy) is 1. The predicted octanol–water partition coefficient (Wildman–Crippen LogP) is 9.29. The van der Waals surface area contributed by atoms with E-state index in [1.165, 1.54) is 44.2 Å². The SMILES string of the molecule is CCCCCCCCC(OC(C)(C)c1cc(F)cc(F)c1)C(C(C)C)(C(C)C)C(C)C. The molecule has 0 amide bonds. The van der Waals surface area contributed by atoms with Gasteiger partial charge in [-0.3, -0.25) is 0 Å². The first-order chi connectivity index (χ1) is 14.4. The van der Waals surface area contributed by atoms with Crippen LogP contribution in [0.5, 0.6) is 0 Å². The average Bonchev–Trinajstić information content (AvgIpc) is 2.62. The van der Waals surface area contributed by atoms with Gasteiger partial charge in [0.05, 0.1) is 11.7 Å². The Hall–Kier alpha value is -0.960. The third-order valence-corrected chi connectivity index (χ3v) is 7.37. The van der Waals surface area contributed by atoms with Crippen LogP contribution in [0, 0.1) is 34.8 Å². The van der Waals surface area contributed by atoms with Gasteiger partial charge in [0.1, 0.15) is 11.6 Å². The van der Waals surface area contributed by atoms with Crippen molar-refractivity contribution in [3.05, 3.63) is 35.4 Å². The maximum atomic E-state index is 14.0. The average molecular weight is 439 g/mol. The van der Waals surface area contributed by atoms with Gasteiger partial charge in [-0.15, -0.1) is 0 Å². The molecular formula is C28H48F2O. The summed E-state index contributed by atoms with van der Waals surface area (Å²) >= 11 is 0. The fraction of sp³-hybridized carbons (Fsp3) is 0.786. The van der Waals surface area contributed by atoms with Crippen molar-refractivity contribution in [2.24, 2.45) is 23.2 Å². The minimum atomic E-state index is -0.778. The van der Waals surface area contributed by atoms with Crippen molar-refractivity contribution < 1.29 is 13.5 Å². The van der Waals surface area contributed by atoms with Crippen LogP contribution in [0.4, 0.5) is 8.78 Å². The van der Waals surface area contributed by atoms with E-state index in [-0.39, 0.29) is 11.5 Å². The molecule has 1 rings (SSSR count). The van der Waals surface area contributed by atoms with Crippen LogP contribution in [0.25, 0.3) is 0 Å². The Morgan fingerprint density at radius 3 is 1.65 bits per heavy atom. The summed E-state index contributed by atoms with van der Waals surface area (Å²) in [6.07, 6.45) is 8.42. The van der Waals surface area contributed by atoms with Crippen LogP contribution in [0.1, 0.15) is 113 Å². The molecule has 0 heterocycles. The number of hydrogen-bond donors (Lipinski definition) is 0. The summed E-state index contributed by atoms with van der Waals surface area (Å²) in [6.45, 7) is 19.9. The third-order valence-electron chi connectivity index (χ3n) is 7.37. The Labute approximate surface area is 191 Å². The Morgan fingerprint density at radius 1 is 0.742 bits per heavy atom. The molecule has 0 aliphatic rings. The van der Waals surface area contributed by atoms with Crippen LogP contribution in [-0.2, 0) is 10.3 Å². The summed E-state index contributed by atoms with van der Waals surface area (Å²) < 4.78 is 34.8. The van der Waals surface area contributed by atoms with Crippen molar-refractivity contribution in [2.45, 2.75) is 119 Å². The first-order valence-electron chi connectivity index (χ1n) is 12.5. The molecule has 0 saturated heterocycles. The molecule has 0 aliphatic carbocycles. The van der Waals surface area contributed by atoms with Crippen LogP contribution in [0.3, 0.4) is 0 Å². The smallest absolute Gasteiger partial charge is 0.126 e. The van der Waals surface area contributed by atoms with E-state index in [9.17, 15) is 8.78 Å². The molecule has 180 valence electrons. The Balaban J connectivity index is 3.24. The molecule has 0 fully saturated rings. The minimum Gasteiger partial charge on any atom is -0.367 e. The van der Waals surface area contributed by atoms with Gasteiger partial charge in [0, 0.05) is 11.5 Å². The van der Waals surface area contributed by atoms with Crippen molar-refractivity contribution in [1.82, 2.24) is 0 Å². The van der Waals surface area contributed by atoms with Crippen LogP contribution in [0.15, 0.2) is 18.2 Å². The van der Waals surface area contributed by atoms with Gasteiger partial charge in [0.15, 0.2) is 0 Å². The number of rotatable bonds is 14. The lowest BCUT2D eigenvalue weighted by Gasteiger charge is -2.52. The van der Waals surface area contributed by atoms with E-state index in [1.807, 2.05) is 13.8 Å². The second-order valence-corrected chi connectivity index (χ2v) is 10.8. The van der Waals surface area contributed by atoms with Gasteiger partial charge in [-0.2, -0.15) is 0 Å². The Bertz CT molecular complexity index is 606. The van der Waals surface area contributed by atoms with Crippen molar-refractivity contribution in [3.63, 3.8) is 0 Å². The van der Waals surface area contributed by atoms with Crippen molar-refractivity contribution in [3.8, 4) is 0 Å². The maximum absolute atomic E-state index is 14.0. The number of unbranched alkanes of at least 4 members (excludes halogenated alkanes) is 5. The van der Waals surface area contributed by atoms with Crippen molar-refractivity contribution in [2.75, 3.05) is 0 Å². The second-order valence-electron chi connectivity index (χ2n) is 10.8. The number of hydrogen-bond acceptors (Lipinski definition) is 1.